The summed E-state index contributed by atoms with van der Waals surface area (Å²) in [5.41, 5.74) is 2.46. The number of benzene rings is 2. The van der Waals surface area contributed by atoms with E-state index in [1.807, 2.05) is 25.1 Å². The number of anilines is 2. The van der Waals surface area contributed by atoms with Crippen LogP contribution < -0.4 is 16.2 Å². The number of amides is 1. The smallest absolute Gasteiger partial charge is 0.255 e. The van der Waals surface area contributed by atoms with E-state index in [1.165, 1.54) is 22.3 Å². The summed E-state index contributed by atoms with van der Waals surface area (Å²) in [7, 11) is 0. The van der Waals surface area contributed by atoms with Crippen LogP contribution in [-0.4, -0.2) is 21.5 Å². The molecule has 0 saturated carbocycles. The van der Waals surface area contributed by atoms with E-state index in [0.29, 0.717) is 16.9 Å². The first-order valence-corrected chi connectivity index (χ1v) is 10.3. The zero-order valence-electron chi connectivity index (χ0n) is 18.0. The number of aryl methyl sites for hydroxylation is 3. The molecule has 31 heavy (non-hydrogen) atoms. The van der Waals surface area contributed by atoms with Crippen LogP contribution in [0.1, 0.15) is 30.2 Å². The maximum absolute atomic E-state index is 13.6. The van der Waals surface area contributed by atoms with E-state index < -0.39 is 0 Å². The molecular formula is C24H27FN4O2. The number of nitrogens with one attached hydrogen (secondary N) is 2. The van der Waals surface area contributed by atoms with Gasteiger partial charge in [0.05, 0.1) is 0 Å². The van der Waals surface area contributed by atoms with Gasteiger partial charge in [0.15, 0.2) is 0 Å². The summed E-state index contributed by atoms with van der Waals surface area (Å²) in [6, 6.07) is 15.9. The van der Waals surface area contributed by atoms with Gasteiger partial charge in [-0.15, -0.1) is 0 Å². The Hall–Kier alpha value is -3.48. The predicted octanol–water partition coefficient (Wildman–Crippen LogP) is 3.88. The van der Waals surface area contributed by atoms with Crippen LogP contribution in [0.4, 0.5) is 16.0 Å². The first-order valence-electron chi connectivity index (χ1n) is 10.3. The van der Waals surface area contributed by atoms with E-state index in [4.69, 9.17) is 0 Å². The van der Waals surface area contributed by atoms with Crippen LogP contribution in [0.3, 0.4) is 0 Å². The van der Waals surface area contributed by atoms with E-state index in [-0.39, 0.29) is 35.8 Å². The quantitative estimate of drug-likeness (QED) is 0.578. The summed E-state index contributed by atoms with van der Waals surface area (Å²) in [6.45, 7) is 5.14. The number of hydrogen-bond donors (Lipinski definition) is 2. The molecule has 162 valence electrons. The molecule has 0 spiro atoms. The Balaban J connectivity index is 1.69. The SMILES string of the molecule is Cc1cc(=O)n(CC(=O)N[C@@H](C)CCc2ccccc2)c(Nc2ccc(F)c(C)c2)n1. The van der Waals surface area contributed by atoms with Crippen LogP contribution in [0.15, 0.2) is 59.4 Å². The third-order valence-corrected chi connectivity index (χ3v) is 4.97. The fourth-order valence-electron chi connectivity index (χ4n) is 3.28. The standard InChI is InChI=1S/C24H27FN4O2/c1-16-13-20(11-12-21(16)25)28-24-27-18(3)14-23(31)29(24)15-22(30)26-17(2)9-10-19-7-5-4-6-8-19/h4-8,11-14,17H,9-10,15H2,1-3H3,(H,26,30)(H,27,28)/t17-/m0/s1. The monoisotopic (exact) mass is 422 g/mol. The number of halogens is 1. The van der Waals surface area contributed by atoms with E-state index in [2.05, 4.69) is 27.8 Å². The molecule has 6 nitrogen and oxygen atoms in total. The highest BCUT2D eigenvalue weighted by atomic mass is 19.1. The van der Waals surface area contributed by atoms with Gasteiger partial charge in [0.1, 0.15) is 12.4 Å². The van der Waals surface area contributed by atoms with Crippen molar-refractivity contribution in [2.24, 2.45) is 0 Å². The lowest BCUT2D eigenvalue weighted by Gasteiger charge is -2.17. The topological polar surface area (TPSA) is 76.0 Å². The van der Waals surface area contributed by atoms with Crippen molar-refractivity contribution >= 4 is 17.5 Å². The molecule has 1 heterocycles. The molecule has 3 rings (SSSR count). The second kappa shape index (κ2) is 10.0. The Labute approximate surface area is 181 Å². The summed E-state index contributed by atoms with van der Waals surface area (Å²) < 4.78 is 14.8. The van der Waals surface area contributed by atoms with Crippen molar-refractivity contribution in [3.05, 3.63) is 87.6 Å². The van der Waals surface area contributed by atoms with Gasteiger partial charge in [-0.1, -0.05) is 30.3 Å². The average molecular weight is 423 g/mol. The maximum Gasteiger partial charge on any atom is 0.255 e. The summed E-state index contributed by atoms with van der Waals surface area (Å²) in [5, 5.41) is 5.98. The number of hydrogen-bond acceptors (Lipinski definition) is 4. The maximum atomic E-state index is 13.6. The molecule has 1 atom stereocenters. The summed E-state index contributed by atoms with van der Waals surface area (Å²) in [6.07, 6.45) is 1.64. The van der Waals surface area contributed by atoms with Gasteiger partial charge in [0.2, 0.25) is 11.9 Å². The molecule has 0 aliphatic rings. The van der Waals surface area contributed by atoms with Crippen LogP contribution in [0.2, 0.25) is 0 Å². The molecule has 0 bridgehead atoms. The molecule has 1 amide bonds. The minimum atomic E-state index is -0.332. The number of carbonyl (C=O) groups excluding carboxylic acids is 1. The Kier molecular flexibility index (Phi) is 7.18. The highest BCUT2D eigenvalue weighted by Gasteiger charge is 2.14. The third-order valence-electron chi connectivity index (χ3n) is 4.97. The van der Waals surface area contributed by atoms with Gasteiger partial charge in [0, 0.05) is 23.5 Å². The molecule has 2 N–H and O–H groups in total. The number of aromatic nitrogens is 2. The van der Waals surface area contributed by atoms with Crippen molar-refractivity contribution in [2.75, 3.05) is 5.32 Å². The largest absolute Gasteiger partial charge is 0.352 e. The summed E-state index contributed by atoms with van der Waals surface area (Å²) in [5.74, 6) is -0.348. The van der Waals surface area contributed by atoms with Gasteiger partial charge in [-0.2, -0.15) is 0 Å². The molecule has 2 aromatic carbocycles. The van der Waals surface area contributed by atoms with Gasteiger partial charge in [0.25, 0.3) is 5.56 Å². The average Bonchev–Trinajstić information content (AvgIpc) is 2.72. The Bertz CT molecular complexity index is 1110. The zero-order chi connectivity index (χ0) is 22.4. The van der Waals surface area contributed by atoms with Crippen LogP contribution in [0.5, 0.6) is 0 Å². The second-order valence-electron chi connectivity index (χ2n) is 7.73. The Morgan fingerprint density at radius 2 is 1.87 bits per heavy atom. The Morgan fingerprint density at radius 1 is 1.13 bits per heavy atom. The predicted molar refractivity (Wildman–Crippen MR) is 120 cm³/mol. The zero-order valence-corrected chi connectivity index (χ0v) is 18.0. The number of nitrogens with zero attached hydrogens (tertiary/aromatic N) is 2. The lowest BCUT2D eigenvalue weighted by atomic mass is 10.1. The van der Waals surface area contributed by atoms with Crippen molar-refractivity contribution in [3.63, 3.8) is 0 Å². The molecule has 0 aliphatic heterocycles. The van der Waals surface area contributed by atoms with Crippen LogP contribution in [0, 0.1) is 19.7 Å². The highest BCUT2D eigenvalue weighted by molar-refractivity contribution is 5.76. The van der Waals surface area contributed by atoms with Gasteiger partial charge < -0.3 is 10.6 Å². The molecule has 0 fully saturated rings. The van der Waals surface area contributed by atoms with Gasteiger partial charge in [-0.3, -0.25) is 14.2 Å². The molecule has 0 saturated heterocycles. The minimum absolute atomic E-state index is 0.0435. The van der Waals surface area contributed by atoms with Crippen molar-refractivity contribution < 1.29 is 9.18 Å². The van der Waals surface area contributed by atoms with Crippen LogP contribution >= 0.6 is 0 Å². The molecule has 3 aromatic rings. The van der Waals surface area contributed by atoms with Crippen molar-refractivity contribution in [1.82, 2.24) is 14.9 Å². The minimum Gasteiger partial charge on any atom is -0.352 e. The second-order valence-corrected chi connectivity index (χ2v) is 7.73. The van der Waals surface area contributed by atoms with Crippen molar-refractivity contribution in [3.8, 4) is 0 Å². The molecule has 0 unspecified atom stereocenters. The van der Waals surface area contributed by atoms with Gasteiger partial charge in [-0.25, -0.2) is 9.37 Å². The van der Waals surface area contributed by atoms with Gasteiger partial charge in [-0.05, 0) is 62.9 Å². The first kappa shape index (κ1) is 22.2. The fraction of sp³-hybridized carbons (Fsp3) is 0.292. The molecule has 0 aliphatic carbocycles. The van der Waals surface area contributed by atoms with E-state index in [9.17, 15) is 14.0 Å². The van der Waals surface area contributed by atoms with Gasteiger partial charge >= 0.3 is 0 Å². The lowest BCUT2D eigenvalue weighted by molar-refractivity contribution is -0.122. The normalized spacial score (nSPS) is 11.7. The first-order chi connectivity index (χ1) is 14.8. The van der Waals surface area contributed by atoms with E-state index >= 15 is 0 Å². The highest BCUT2D eigenvalue weighted by Crippen LogP contribution is 2.17. The molecule has 1 aromatic heterocycles. The van der Waals surface area contributed by atoms with E-state index in [0.717, 1.165) is 12.8 Å². The van der Waals surface area contributed by atoms with Crippen molar-refractivity contribution in [1.29, 1.82) is 0 Å². The Morgan fingerprint density at radius 3 is 2.58 bits per heavy atom. The number of rotatable bonds is 8. The van der Waals surface area contributed by atoms with Crippen LogP contribution in [0.25, 0.3) is 0 Å². The lowest BCUT2D eigenvalue weighted by Crippen LogP contribution is -2.38. The summed E-state index contributed by atoms with van der Waals surface area (Å²) >= 11 is 0. The summed E-state index contributed by atoms with van der Waals surface area (Å²) in [4.78, 5) is 29.5. The molecule has 7 heteroatoms. The third kappa shape index (κ3) is 6.25. The number of carbonyl (C=O) groups is 1. The fourth-order valence-corrected chi connectivity index (χ4v) is 3.28. The van der Waals surface area contributed by atoms with Crippen molar-refractivity contribution in [2.45, 2.75) is 46.2 Å². The van der Waals surface area contributed by atoms with E-state index in [1.54, 1.807) is 26.0 Å². The molecule has 0 radical (unpaired) electrons. The van der Waals surface area contributed by atoms with Crippen LogP contribution in [-0.2, 0) is 17.8 Å². The molecular weight excluding hydrogens is 395 g/mol.